The average molecular weight is 218 g/mol. The zero-order valence-corrected chi connectivity index (χ0v) is 9.33. The van der Waals surface area contributed by atoms with Crippen molar-refractivity contribution in [3.63, 3.8) is 0 Å². The first kappa shape index (κ1) is 10.3. The number of nitrogens with zero attached hydrogens (tertiary/aromatic N) is 1. The van der Waals surface area contributed by atoms with Crippen LogP contribution in [0.4, 0.5) is 0 Å². The molecule has 2 rings (SSSR count). The molecule has 0 spiro atoms. The molecule has 1 aliphatic heterocycles. The molecule has 2 nitrogen and oxygen atoms in total. The third kappa shape index (κ3) is 3.44. The van der Waals surface area contributed by atoms with Gasteiger partial charge in [-0.3, -0.25) is 4.99 Å². The zero-order chi connectivity index (χ0) is 10.3. The summed E-state index contributed by atoms with van der Waals surface area (Å²) in [6, 6.07) is 10.3. The van der Waals surface area contributed by atoms with Crippen molar-refractivity contribution >= 4 is 23.0 Å². The number of hydrogen-bond donors (Lipinski definition) is 1. The smallest absolute Gasteiger partial charge is 0.156 e. The van der Waals surface area contributed by atoms with Gasteiger partial charge in [0.1, 0.15) is 0 Å². The van der Waals surface area contributed by atoms with E-state index in [1.807, 2.05) is 18.2 Å². The Morgan fingerprint density at radius 1 is 1.33 bits per heavy atom. The van der Waals surface area contributed by atoms with Gasteiger partial charge in [-0.25, -0.2) is 0 Å². The molecule has 1 aromatic rings. The molecule has 0 saturated heterocycles. The third-order valence-electron chi connectivity index (χ3n) is 2.07. The standard InChI is InChI=1S/C12H14N2S/c1-2-5-11(6-3-1)7-4-8-13-12-14-9-10-15-12/h1-7H,8-10H2,(H,13,14)/b7-4+. The van der Waals surface area contributed by atoms with Gasteiger partial charge in [-0.1, -0.05) is 54.2 Å². The van der Waals surface area contributed by atoms with Gasteiger partial charge in [0, 0.05) is 12.3 Å². The van der Waals surface area contributed by atoms with E-state index in [1.165, 1.54) is 5.56 Å². The zero-order valence-electron chi connectivity index (χ0n) is 8.52. The van der Waals surface area contributed by atoms with Crippen molar-refractivity contribution in [3.05, 3.63) is 42.0 Å². The van der Waals surface area contributed by atoms with Gasteiger partial charge in [-0.05, 0) is 5.56 Å². The normalized spacial score (nSPS) is 15.6. The molecule has 0 saturated carbocycles. The van der Waals surface area contributed by atoms with Crippen LogP contribution in [0.25, 0.3) is 6.08 Å². The van der Waals surface area contributed by atoms with Crippen LogP contribution in [0.1, 0.15) is 5.56 Å². The molecular formula is C12H14N2S. The van der Waals surface area contributed by atoms with Crippen LogP contribution >= 0.6 is 11.8 Å². The molecule has 0 radical (unpaired) electrons. The molecule has 3 heteroatoms. The largest absolute Gasteiger partial charge is 0.361 e. The van der Waals surface area contributed by atoms with E-state index in [-0.39, 0.29) is 0 Å². The van der Waals surface area contributed by atoms with E-state index in [0.29, 0.717) is 0 Å². The maximum atomic E-state index is 4.31. The highest BCUT2D eigenvalue weighted by Crippen LogP contribution is 2.08. The van der Waals surface area contributed by atoms with Crippen molar-refractivity contribution in [1.82, 2.24) is 5.32 Å². The Bertz CT molecular complexity index is 357. The van der Waals surface area contributed by atoms with E-state index in [4.69, 9.17) is 0 Å². The molecule has 0 unspecified atom stereocenters. The van der Waals surface area contributed by atoms with Crippen LogP contribution in [0, 0.1) is 0 Å². The van der Waals surface area contributed by atoms with E-state index in [0.717, 1.165) is 24.0 Å². The number of benzene rings is 1. The van der Waals surface area contributed by atoms with Gasteiger partial charge in [0.2, 0.25) is 0 Å². The summed E-state index contributed by atoms with van der Waals surface area (Å²) in [6.45, 7) is 1.80. The van der Waals surface area contributed by atoms with Crippen LogP contribution in [0.5, 0.6) is 0 Å². The summed E-state index contributed by atoms with van der Waals surface area (Å²) in [6.07, 6.45) is 4.24. The summed E-state index contributed by atoms with van der Waals surface area (Å²) >= 11 is 1.79. The van der Waals surface area contributed by atoms with Crippen molar-refractivity contribution in [1.29, 1.82) is 0 Å². The highest BCUT2D eigenvalue weighted by molar-refractivity contribution is 8.14. The van der Waals surface area contributed by atoms with Crippen LogP contribution in [-0.2, 0) is 0 Å². The lowest BCUT2D eigenvalue weighted by molar-refractivity contribution is 1.05. The first-order valence-corrected chi connectivity index (χ1v) is 6.06. The summed E-state index contributed by atoms with van der Waals surface area (Å²) < 4.78 is 0. The highest BCUT2D eigenvalue weighted by Gasteiger charge is 2.03. The van der Waals surface area contributed by atoms with Crippen LogP contribution < -0.4 is 5.32 Å². The van der Waals surface area contributed by atoms with Crippen molar-refractivity contribution in [2.24, 2.45) is 4.99 Å². The van der Waals surface area contributed by atoms with Crippen molar-refractivity contribution in [3.8, 4) is 0 Å². The molecule has 1 aliphatic rings. The molecule has 1 aromatic carbocycles. The lowest BCUT2D eigenvalue weighted by atomic mass is 10.2. The van der Waals surface area contributed by atoms with Gasteiger partial charge < -0.3 is 5.32 Å². The quantitative estimate of drug-likeness (QED) is 0.842. The molecule has 0 amide bonds. The second-order valence-corrected chi connectivity index (χ2v) is 4.31. The topological polar surface area (TPSA) is 24.4 Å². The van der Waals surface area contributed by atoms with Gasteiger partial charge >= 0.3 is 0 Å². The Labute approximate surface area is 94.5 Å². The molecule has 0 fully saturated rings. The fraction of sp³-hybridized carbons (Fsp3) is 0.250. The molecule has 0 aromatic heterocycles. The molecular weight excluding hydrogens is 204 g/mol. The van der Waals surface area contributed by atoms with E-state index < -0.39 is 0 Å². The summed E-state index contributed by atoms with van der Waals surface area (Å²) in [7, 11) is 0. The first-order chi connectivity index (χ1) is 7.45. The Balaban J connectivity index is 1.76. The van der Waals surface area contributed by atoms with E-state index in [9.17, 15) is 0 Å². The molecule has 15 heavy (non-hydrogen) atoms. The SMILES string of the molecule is C(=C\c1ccccc1)/CNC1=NCCS1. The minimum Gasteiger partial charge on any atom is -0.361 e. The predicted molar refractivity (Wildman–Crippen MR) is 68.2 cm³/mol. The molecule has 0 atom stereocenters. The summed E-state index contributed by atoms with van der Waals surface area (Å²) in [5, 5.41) is 4.35. The predicted octanol–water partition coefficient (Wildman–Crippen LogP) is 2.39. The van der Waals surface area contributed by atoms with Gasteiger partial charge in [0.15, 0.2) is 5.17 Å². The van der Waals surface area contributed by atoms with Crippen molar-refractivity contribution in [2.45, 2.75) is 0 Å². The molecule has 1 heterocycles. The summed E-state index contributed by atoms with van der Waals surface area (Å²) in [5.41, 5.74) is 1.24. The minimum atomic E-state index is 0.848. The van der Waals surface area contributed by atoms with Gasteiger partial charge in [0.05, 0.1) is 6.54 Å². The lowest BCUT2D eigenvalue weighted by Gasteiger charge is -1.99. The third-order valence-corrected chi connectivity index (χ3v) is 3.00. The van der Waals surface area contributed by atoms with E-state index >= 15 is 0 Å². The van der Waals surface area contributed by atoms with Crippen LogP contribution in [0.2, 0.25) is 0 Å². The summed E-state index contributed by atoms with van der Waals surface area (Å²) in [5.74, 6) is 1.12. The molecule has 1 N–H and O–H groups in total. The van der Waals surface area contributed by atoms with Gasteiger partial charge in [0.25, 0.3) is 0 Å². The maximum Gasteiger partial charge on any atom is 0.156 e. The lowest BCUT2D eigenvalue weighted by Crippen LogP contribution is -2.18. The van der Waals surface area contributed by atoms with Crippen LogP contribution in [0.3, 0.4) is 0 Å². The Morgan fingerprint density at radius 2 is 2.20 bits per heavy atom. The summed E-state index contributed by atoms with van der Waals surface area (Å²) in [4.78, 5) is 4.31. The number of hydrogen-bond acceptors (Lipinski definition) is 3. The van der Waals surface area contributed by atoms with Crippen molar-refractivity contribution < 1.29 is 0 Å². The number of rotatable bonds is 3. The second-order valence-electron chi connectivity index (χ2n) is 3.23. The number of amidine groups is 1. The molecule has 0 bridgehead atoms. The Morgan fingerprint density at radius 3 is 2.93 bits per heavy atom. The van der Waals surface area contributed by atoms with E-state index in [1.54, 1.807) is 11.8 Å². The number of nitrogens with one attached hydrogen (secondary N) is 1. The minimum absolute atomic E-state index is 0.848. The van der Waals surface area contributed by atoms with Crippen LogP contribution in [0.15, 0.2) is 41.4 Å². The Kier molecular flexibility index (Phi) is 3.85. The average Bonchev–Trinajstić information content (AvgIpc) is 2.79. The number of aliphatic imine (C=N–C) groups is 1. The fourth-order valence-corrected chi connectivity index (χ4v) is 2.09. The Hall–Kier alpha value is -1.22. The van der Waals surface area contributed by atoms with Gasteiger partial charge in [-0.15, -0.1) is 0 Å². The first-order valence-electron chi connectivity index (χ1n) is 5.08. The maximum absolute atomic E-state index is 4.31. The highest BCUT2D eigenvalue weighted by atomic mass is 32.2. The van der Waals surface area contributed by atoms with Crippen LogP contribution in [-0.4, -0.2) is 24.0 Å². The number of thioether (sulfide) groups is 1. The molecule has 78 valence electrons. The monoisotopic (exact) mass is 218 g/mol. The molecule has 0 aliphatic carbocycles. The van der Waals surface area contributed by atoms with Gasteiger partial charge in [-0.2, -0.15) is 0 Å². The van der Waals surface area contributed by atoms with E-state index in [2.05, 4.69) is 34.6 Å². The van der Waals surface area contributed by atoms with Crippen molar-refractivity contribution in [2.75, 3.05) is 18.8 Å². The second kappa shape index (κ2) is 5.61. The fourth-order valence-electron chi connectivity index (χ4n) is 1.35.